The molecule has 2 aromatic rings. The van der Waals surface area contributed by atoms with E-state index in [1.54, 1.807) is 0 Å². The van der Waals surface area contributed by atoms with Crippen LogP contribution < -0.4 is 10.6 Å². The normalized spacial score (nSPS) is 22.7. The van der Waals surface area contributed by atoms with Crippen LogP contribution in [0.3, 0.4) is 0 Å². The minimum absolute atomic E-state index is 0.164. The van der Waals surface area contributed by atoms with E-state index in [1.807, 2.05) is 24.3 Å². The van der Waals surface area contributed by atoms with E-state index < -0.39 is 0 Å². The van der Waals surface area contributed by atoms with Gasteiger partial charge in [0.05, 0.1) is 19.8 Å². The first kappa shape index (κ1) is 21.4. The fourth-order valence-electron chi connectivity index (χ4n) is 4.29. The monoisotopic (exact) mass is 429 g/mol. The van der Waals surface area contributed by atoms with E-state index in [4.69, 9.17) is 4.74 Å². The Balaban J connectivity index is 1.28. The topological polar surface area (TPSA) is 79.4 Å². The van der Waals surface area contributed by atoms with Crippen molar-refractivity contribution in [2.24, 2.45) is 0 Å². The van der Waals surface area contributed by atoms with Crippen LogP contribution in [0.4, 0.5) is 0 Å². The molecule has 162 valence electrons. The highest BCUT2D eigenvalue weighted by Crippen LogP contribution is 2.24. The molecule has 8 heteroatoms. The lowest BCUT2D eigenvalue weighted by Gasteiger charge is -2.42. The second-order valence-electron chi connectivity index (χ2n) is 8.16. The fraction of sp³-hybridized carbons (Fsp3) is 0.591. The highest BCUT2D eigenvalue weighted by Gasteiger charge is 2.31. The molecule has 1 amide bonds. The summed E-state index contributed by atoms with van der Waals surface area (Å²) < 4.78 is 5.52. The Morgan fingerprint density at radius 2 is 1.90 bits per heavy atom. The molecule has 30 heavy (non-hydrogen) atoms. The van der Waals surface area contributed by atoms with Gasteiger partial charge in [-0.25, -0.2) is 0 Å². The molecule has 7 nitrogen and oxygen atoms in total. The molecule has 1 saturated heterocycles. The molecule has 0 unspecified atom stereocenters. The molecule has 0 bridgehead atoms. The van der Waals surface area contributed by atoms with Gasteiger partial charge in [0.1, 0.15) is 5.01 Å². The second kappa shape index (κ2) is 10.4. The summed E-state index contributed by atoms with van der Waals surface area (Å²) in [7, 11) is 0. The lowest BCUT2D eigenvalue weighted by molar-refractivity contribution is -0.000472. The van der Waals surface area contributed by atoms with Crippen LogP contribution in [0.2, 0.25) is 0 Å². The smallest absolute Gasteiger partial charge is 0.282 e. The first-order chi connectivity index (χ1) is 14.7. The number of morpholine rings is 1. The zero-order valence-corrected chi connectivity index (χ0v) is 18.4. The maximum atomic E-state index is 12.4. The number of aryl methyl sites for hydroxylation is 1. The van der Waals surface area contributed by atoms with Crippen molar-refractivity contribution in [3.8, 4) is 0 Å². The molecule has 2 heterocycles. The Morgan fingerprint density at radius 1 is 1.13 bits per heavy atom. The number of hydrogen-bond donors (Lipinski definition) is 2. The zero-order valence-electron chi connectivity index (χ0n) is 17.6. The molecule has 4 rings (SSSR count). The second-order valence-corrected chi connectivity index (χ2v) is 9.22. The fourth-order valence-corrected chi connectivity index (χ4v) is 5.00. The average molecular weight is 430 g/mol. The number of nitrogens with zero attached hydrogens (tertiary/aromatic N) is 3. The number of amides is 1. The third-order valence-corrected chi connectivity index (χ3v) is 6.92. The van der Waals surface area contributed by atoms with Crippen molar-refractivity contribution < 1.29 is 9.53 Å². The van der Waals surface area contributed by atoms with Crippen molar-refractivity contribution in [2.45, 2.75) is 57.8 Å². The van der Waals surface area contributed by atoms with Crippen LogP contribution >= 0.6 is 11.3 Å². The third-order valence-electron chi connectivity index (χ3n) is 5.99. The van der Waals surface area contributed by atoms with Gasteiger partial charge in [-0.1, -0.05) is 54.0 Å². The van der Waals surface area contributed by atoms with Gasteiger partial charge in [0.15, 0.2) is 0 Å². The van der Waals surface area contributed by atoms with Crippen molar-refractivity contribution in [2.75, 3.05) is 26.3 Å². The van der Waals surface area contributed by atoms with Crippen molar-refractivity contribution >= 4 is 17.2 Å². The molecule has 0 radical (unpaired) electrons. The van der Waals surface area contributed by atoms with Gasteiger partial charge in [-0.15, -0.1) is 10.2 Å². The summed E-state index contributed by atoms with van der Waals surface area (Å²) in [5.41, 5.74) is 2.28. The Labute approximate surface area is 182 Å². The Kier molecular flexibility index (Phi) is 7.43. The van der Waals surface area contributed by atoms with Crippen LogP contribution in [0.15, 0.2) is 24.3 Å². The lowest BCUT2D eigenvalue weighted by atomic mass is 9.89. The minimum Gasteiger partial charge on any atom is -0.379 e. The van der Waals surface area contributed by atoms with E-state index in [2.05, 4.69) is 32.7 Å². The molecule has 2 fully saturated rings. The molecule has 1 aliphatic carbocycles. The first-order valence-electron chi connectivity index (χ1n) is 10.9. The first-order valence-corrected chi connectivity index (χ1v) is 11.7. The molecule has 2 N–H and O–H groups in total. The summed E-state index contributed by atoms with van der Waals surface area (Å²) in [5.74, 6) is -0.164. The number of rotatable bonds is 7. The van der Waals surface area contributed by atoms with E-state index in [0.29, 0.717) is 30.2 Å². The molecule has 1 saturated carbocycles. The number of ether oxygens (including phenoxy) is 1. The van der Waals surface area contributed by atoms with Crippen LogP contribution in [0.1, 0.15) is 51.6 Å². The van der Waals surface area contributed by atoms with Gasteiger partial charge in [-0.3, -0.25) is 9.69 Å². The summed E-state index contributed by atoms with van der Waals surface area (Å²) in [4.78, 5) is 15.0. The van der Waals surface area contributed by atoms with Gasteiger partial charge in [0, 0.05) is 31.7 Å². The highest BCUT2D eigenvalue weighted by atomic mass is 32.1. The molecule has 1 aromatic carbocycles. The van der Waals surface area contributed by atoms with Crippen LogP contribution in [0.5, 0.6) is 0 Å². The van der Waals surface area contributed by atoms with Crippen LogP contribution in [0.25, 0.3) is 0 Å². The maximum Gasteiger partial charge on any atom is 0.282 e. The zero-order chi connectivity index (χ0) is 20.8. The molecule has 1 aliphatic heterocycles. The van der Waals surface area contributed by atoms with Crippen molar-refractivity contribution in [3.63, 3.8) is 0 Å². The molecule has 2 aliphatic rings. The van der Waals surface area contributed by atoms with Gasteiger partial charge >= 0.3 is 0 Å². The van der Waals surface area contributed by atoms with E-state index in [-0.39, 0.29) is 5.91 Å². The summed E-state index contributed by atoms with van der Waals surface area (Å²) in [6.07, 6.45) is 4.98. The average Bonchev–Trinajstić information content (AvgIpc) is 3.27. The quantitative estimate of drug-likeness (QED) is 0.704. The number of carbonyl (C=O) groups is 1. The maximum absolute atomic E-state index is 12.4. The highest BCUT2D eigenvalue weighted by molar-refractivity contribution is 7.13. The molecule has 0 spiro atoms. The number of hydrogen-bond acceptors (Lipinski definition) is 7. The van der Waals surface area contributed by atoms with E-state index in [9.17, 15) is 4.79 Å². The number of nitrogens with one attached hydrogen (secondary N) is 2. The third kappa shape index (κ3) is 5.63. The van der Waals surface area contributed by atoms with Crippen LogP contribution in [-0.2, 0) is 17.8 Å². The number of aromatic nitrogens is 2. The Hall–Kier alpha value is -1.87. The van der Waals surface area contributed by atoms with Gasteiger partial charge in [0.2, 0.25) is 5.01 Å². The standard InChI is InChI=1S/C22H31N5O2S/c1-16-6-8-17(9-7-16)14-24-21(28)22-26-25-20(30-22)15-23-18-4-2-3-5-19(18)27-10-12-29-13-11-27/h6-9,18-19,23H,2-5,10-15H2,1H3,(H,24,28)/t18-,19+/m0/s1. The van der Waals surface area contributed by atoms with Gasteiger partial charge in [-0.05, 0) is 25.3 Å². The summed E-state index contributed by atoms with van der Waals surface area (Å²) in [5, 5.41) is 16.3. The largest absolute Gasteiger partial charge is 0.379 e. The van der Waals surface area contributed by atoms with Crippen LogP contribution in [0, 0.1) is 6.92 Å². The summed E-state index contributed by atoms with van der Waals surface area (Å²) in [6, 6.07) is 9.17. The van der Waals surface area contributed by atoms with Gasteiger partial charge in [0.25, 0.3) is 5.91 Å². The predicted octanol–water partition coefficient (Wildman–Crippen LogP) is 2.51. The van der Waals surface area contributed by atoms with E-state index in [1.165, 1.54) is 42.6 Å². The summed E-state index contributed by atoms with van der Waals surface area (Å²) in [6.45, 7) is 6.92. The lowest BCUT2D eigenvalue weighted by Crippen LogP contribution is -2.54. The SMILES string of the molecule is Cc1ccc(CNC(=O)c2nnc(CN[C@H]3CCCC[C@H]3N3CCOCC3)s2)cc1. The van der Waals surface area contributed by atoms with Crippen LogP contribution in [-0.4, -0.2) is 59.4 Å². The van der Waals surface area contributed by atoms with Crippen molar-refractivity contribution in [1.29, 1.82) is 0 Å². The molecular formula is C22H31N5O2S. The molecule has 2 atom stereocenters. The van der Waals surface area contributed by atoms with Crippen molar-refractivity contribution in [3.05, 3.63) is 45.4 Å². The molecule has 1 aromatic heterocycles. The van der Waals surface area contributed by atoms with E-state index >= 15 is 0 Å². The van der Waals surface area contributed by atoms with E-state index in [0.717, 1.165) is 36.9 Å². The van der Waals surface area contributed by atoms with Gasteiger partial charge in [-0.2, -0.15) is 0 Å². The number of benzene rings is 1. The number of carbonyl (C=O) groups excluding carboxylic acids is 1. The summed E-state index contributed by atoms with van der Waals surface area (Å²) >= 11 is 1.37. The Bertz CT molecular complexity index is 819. The predicted molar refractivity (Wildman–Crippen MR) is 118 cm³/mol. The minimum atomic E-state index is -0.164. The Morgan fingerprint density at radius 3 is 2.70 bits per heavy atom. The van der Waals surface area contributed by atoms with Crippen molar-refractivity contribution in [1.82, 2.24) is 25.7 Å². The van der Waals surface area contributed by atoms with Gasteiger partial charge < -0.3 is 15.4 Å². The molecular weight excluding hydrogens is 398 g/mol.